The van der Waals surface area contributed by atoms with Crippen LogP contribution in [0.1, 0.15) is 46.1 Å². The molecule has 0 atom stereocenters. The molecule has 0 aliphatic heterocycles. The Morgan fingerprint density at radius 1 is 1.17 bits per heavy atom. The first kappa shape index (κ1) is 19.7. The van der Waals surface area contributed by atoms with E-state index in [0.29, 0.717) is 13.0 Å². The standard InChI is InChI=1S/C19H32N2O2/c1-5-21(16-17-10-7-6-8-11-17)15-9-13-20-14-12-18(22)23-19(2,3)4/h6-8,10-11,20H,5,9,12-16H2,1-4H3. The molecule has 4 nitrogen and oxygen atoms in total. The van der Waals surface area contributed by atoms with Gasteiger partial charge < -0.3 is 10.1 Å². The van der Waals surface area contributed by atoms with Crippen molar-refractivity contribution in [3.8, 4) is 0 Å². The third kappa shape index (κ3) is 10.1. The van der Waals surface area contributed by atoms with Crippen LogP contribution in [-0.2, 0) is 16.1 Å². The van der Waals surface area contributed by atoms with Gasteiger partial charge in [0.05, 0.1) is 6.42 Å². The zero-order chi connectivity index (χ0) is 17.1. The maximum atomic E-state index is 11.6. The van der Waals surface area contributed by atoms with Crippen LogP contribution in [0.3, 0.4) is 0 Å². The van der Waals surface area contributed by atoms with E-state index in [-0.39, 0.29) is 5.97 Å². The summed E-state index contributed by atoms with van der Waals surface area (Å²) in [5.74, 6) is -0.135. The number of carbonyl (C=O) groups excluding carboxylic acids is 1. The van der Waals surface area contributed by atoms with E-state index >= 15 is 0 Å². The van der Waals surface area contributed by atoms with Gasteiger partial charge in [0, 0.05) is 13.1 Å². The second-order valence-electron chi connectivity index (χ2n) is 6.79. The Bertz CT molecular complexity index is 440. The highest BCUT2D eigenvalue weighted by Gasteiger charge is 2.15. The van der Waals surface area contributed by atoms with Crippen molar-refractivity contribution in [2.45, 2.75) is 52.7 Å². The molecule has 0 unspecified atom stereocenters. The van der Waals surface area contributed by atoms with Crippen molar-refractivity contribution in [1.29, 1.82) is 0 Å². The number of esters is 1. The molecule has 0 fully saturated rings. The first-order chi connectivity index (χ1) is 10.9. The number of rotatable bonds is 10. The summed E-state index contributed by atoms with van der Waals surface area (Å²) in [7, 11) is 0. The Balaban J connectivity index is 2.10. The van der Waals surface area contributed by atoms with Crippen LogP contribution in [-0.4, -0.2) is 42.6 Å². The van der Waals surface area contributed by atoms with Gasteiger partial charge in [-0.25, -0.2) is 0 Å². The van der Waals surface area contributed by atoms with Crippen LogP contribution in [0.25, 0.3) is 0 Å². The molecule has 0 aliphatic carbocycles. The Hall–Kier alpha value is -1.39. The minimum Gasteiger partial charge on any atom is -0.460 e. The molecule has 0 saturated heterocycles. The van der Waals surface area contributed by atoms with Crippen LogP contribution < -0.4 is 5.32 Å². The fraction of sp³-hybridized carbons (Fsp3) is 0.632. The van der Waals surface area contributed by atoms with Gasteiger partial charge >= 0.3 is 5.97 Å². The average molecular weight is 320 g/mol. The van der Waals surface area contributed by atoms with Crippen molar-refractivity contribution >= 4 is 5.97 Å². The maximum absolute atomic E-state index is 11.6. The number of hydrogen-bond donors (Lipinski definition) is 1. The highest BCUT2D eigenvalue weighted by Crippen LogP contribution is 2.07. The topological polar surface area (TPSA) is 41.6 Å². The summed E-state index contributed by atoms with van der Waals surface area (Å²) >= 11 is 0. The molecule has 0 aromatic heterocycles. The van der Waals surface area contributed by atoms with Crippen molar-refractivity contribution in [2.24, 2.45) is 0 Å². The third-order valence-corrected chi connectivity index (χ3v) is 3.45. The lowest BCUT2D eigenvalue weighted by Gasteiger charge is -2.21. The normalized spacial score (nSPS) is 11.7. The quantitative estimate of drug-likeness (QED) is 0.531. The highest BCUT2D eigenvalue weighted by molar-refractivity contribution is 5.70. The van der Waals surface area contributed by atoms with Gasteiger partial charge in [-0.3, -0.25) is 9.69 Å². The predicted octanol–water partition coefficient (Wildman–Crippen LogP) is 3.22. The van der Waals surface area contributed by atoms with Crippen molar-refractivity contribution in [3.05, 3.63) is 35.9 Å². The number of ether oxygens (including phenoxy) is 1. The molecule has 4 heteroatoms. The second kappa shape index (κ2) is 10.4. The summed E-state index contributed by atoms with van der Waals surface area (Å²) in [6, 6.07) is 10.6. The van der Waals surface area contributed by atoms with Gasteiger partial charge in [0.2, 0.25) is 0 Å². The fourth-order valence-corrected chi connectivity index (χ4v) is 2.33. The number of nitrogens with zero attached hydrogens (tertiary/aromatic N) is 1. The summed E-state index contributed by atoms with van der Waals surface area (Å²) in [5.41, 5.74) is 0.961. The highest BCUT2D eigenvalue weighted by atomic mass is 16.6. The summed E-state index contributed by atoms with van der Waals surface area (Å²) < 4.78 is 5.28. The number of nitrogens with one attached hydrogen (secondary N) is 1. The molecular weight excluding hydrogens is 288 g/mol. The summed E-state index contributed by atoms with van der Waals surface area (Å²) in [6.45, 7) is 12.6. The number of carbonyl (C=O) groups is 1. The van der Waals surface area contributed by atoms with Crippen molar-refractivity contribution in [3.63, 3.8) is 0 Å². The monoisotopic (exact) mass is 320 g/mol. The van der Waals surface area contributed by atoms with E-state index < -0.39 is 5.60 Å². The summed E-state index contributed by atoms with van der Waals surface area (Å²) in [4.78, 5) is 14.0. The van der Waals surface area contributed by atoms with Gasteiger partial charge in [-0.15, -0.1) is 0 Å². The lowest BCUT2D eigenvalue weighted by atomic mass is 10.2. The van der Waals surface area contributed by atoms with E-state index in [9.17, 15) is 4.79 Å². The van der Waals surface area contributed by atoms with Crippen LogP contribution in [0, 0.1) is 0 Å². The maximum Gasteiger partial charge on any atom is 0.307 e. The third-order valence-electron chi connectivity index (χ3n) is 3.45. The first-order valence-electron chi connectivity index (χ1n) is 8.59. The molecule has 130 valence electrons. The minimum atomic E-state index is -0.393. The van der Waals surface area contributed by atoms with Crippen LogP contribution >= 0.6 is 0 Å². The largest absolute Gasteiger partial charge is 0.460 e. The molecular formula is C19H32N2O2. The van der Waals surface area contributed by atoms with Crippen molar-refractivity contribution in [2.75, 3.05) is 26.2 Å². The Morgan fingerprint density at radius 2 is 1.87 bits per heavy atom. The molecule has 0 radical (unpaired) electrons. The van der Waals surface area contributed by atoms with E-state index in [4.69, 9.17) is 4.74 Å². The molecule has 0 bridgehead atoms. The molecule has 0 amide bonds. The van der Waals surface area contributed by atoms with Gasteiger partial charge in [0.25, 0.3) is 0 Å². The van der Waals surface area contributed by atoms with E-state index in [2.05, 4.69) is 41.4 Å². The van der Waals surface area contributed by atoms with Crippen molar-refractivity contribution in [1.82, 2.24) is 10.2 Å². The van der Waals surface area contributed by atoms with Crippen molar-refractivity contribution < 1.29 is 9.53 Å². The zero-order valence-corrected chi connectivity index (χ0v) is 15.1. The minimum absolute atomic E-state index is 0.135. The van der Waals surface area contributed by atoms with Crippen LogP contribution in [0.5, 0.6) is 0 Å². The molecule has 0 saturated carbocycles. The van der Waals surface area contributed by atoms with E-state index in [1.165, 1.54) is 5.56 Å². The molecule has 23 heavy (non-hydrogen) atoms. The fourth-order valence-electron chi connectivity index (χ4n) is 2.33. The predicted molar refractivity (Wildman–Crippen MR) is 95.3 cm³/mol. The molecule has 1 aromatic rings. The molecule has 1 aromatic carbocycles. The van der Waals surface area contributed by atoms with E-state index in [1.807, 2.05) is 26.8 Å². The Kier molecular flexibility index (Phi) is 8.89. The molecule has 1 rings (SSSR count). The zero-order valence-electron chi connectivity index (χ0n) is 15.1. The molecule has 0 aliphatic rings. The SMILES string of the molecule is CCN(CCCNCCC(=O)OC(C)(C)C)Cc1ccccc1. The molecule has 1 N–H and O–H groups in total. The molecule has 0 heterocycles. The Labute approximate surface area is 141 Å². The second-order valence-corrected chi connectivity index (χ2v) is 6.79. The average Bonchev–Trinajstić information content (AvgIpc) is 2.48. The van der Waals surface area contributed by atoms with Gasteiger partial charge in [-0.2, -0.15) is 0 Å². The lowest BCUT2D eigenvalue weighted by molar-refractivity contribution is -0.154. The molecule has 0 spiro atoms. The first-order valence-corrected chi connectivity index (χ1v) is 8.59. The van der Waals surface area contributed by atoms with Crippen LogP contribution in [0.2, 0.25) is 0 Å². The van der Waals surface area contributed by atoms with Crippen LogP contribution in [0.15, 0.2) is 30.3 Å². The van der Waals surface area contributed by atoms with Gasteiger partial charge in [-0.1, -0.05) is 37.3 Å². The van der Waals surface area contributed by atoms with E-state index in [1.54, 1.807) is 0 Å². The van der Waals surface area contributed by atoms with Gasteiger partial charge in [0.1, 0.15) is 5.60 Å². The number of benzene rings is 1. The smallest absolute Gasteiger partial charge is 0.307 e. The van der Waals surface area contributed by atoms with Gasteiger partial charge in [0.15, 0.2) is 0 Å². The van der Waals surface area contributed by atoms with E-state index in [0.717, 1.165) is 32.6 Å². The van der Waals surface area contributed by atoms with Gasteiger partial charge in [-0.05, 0) is 52.4 Å². The number of hydrogen-bond acceptors (Lipinski definition) is 4. The van der Waals surface area contributed by atoms with Crippen LogP contribution in [0.4, 0.5) is 0 Å². The Morgan fingerprint density at radius 3 is 2.48 bits per heavy atom. The summed E-state index contributed by atoms with van der Waals surface area (Å²) in [6.07, 6.45) is 1.51. The lowest BCUT2D eigenvalue weighted by Crippen LogP contribution is -2.29. The summed E-state index contributed by atoms with van der Waals surface area (Å²) in [5, 5.41) is 3.32.